The molecular formula is C10H16BrNS. The van der Waals surface area contributed by atoms with Crippen molar-refractivity contribution in [3.8, 4) is 0 Å². The Morgan fingerprint density at radius 3 is 2.54 bits per heavy atom. The summed E-state index contributed by atoms with van der Waals surface area (Å²) < 4.78 is 1.23. The lowest BCUT2D eigenvalue weighted by molar-refractivity contribution is 0.379. The quantitative estimate of drug-likeness (QED) is 0.888. The number of hydrogen-bond donors (Lipinski definition) is 1. The summed E-state index contributed by atoms with van der Waals surface area (Å²) in [4.78, 5) is 2.77. The van der Waals surface area contributed by atoms with E-state index in [0.717, 1.165) is 13.0 Å². The lowest BCUT2D eigenvalue weighted by Crippen LogP contribution is -2.25. The fourth-order valence-electron chi connectivity index (χ4n) is 1.16. The Bertz CT molecular complexity index is 291. The Morgan fingerprint density at radius 2 is 2.15 bits per heavy atom. The van der Waals surface area contributed by atoms with Gasteiger partial charge in [-0.1, -0.05) is 13.8 Å². The molecule has 1 heterocycles. The second-order valence-electron chi connectivity index (χ2n) is 4.17. The fourth-order valence-corrected chi connectivity index (χ4v) is 3.22. The molecule has 74 valence electrons. The van der Waals surface area contributed by atoms with Crippen LogP contribution in [0.2, 0.25) is 0 Å². The number of thiophene rings is 1. The number of rotatable bonds is 3. The summed E-state index contributed by atoms with van der Waals surface area (Å²) in [5.74, 6) is 0. The molecule has 0 radical (unpaired) electrons. The molecule has 0 bridgehead atoms. The van der Waals surface area contributed by atoms with Gasteiger partial charge in [0.05, 0.1) is 0 Å². The van der Waals surface area contributed by atoms with Gasteiger partial charge in [-0.3, -0.25) is 0 Å². The van der Waals surface area contributed by atoms with E-state index in [2.05, 4.69) is 42.8 Å². The van der Waals surface area contributed by atoms with Crippen molar-refractivity contribution < 1.29 is 0 Å². The molecule has 1 nitrogen and oxygen atoms in total. The van der Waals surface area contributed by atoms with Crippen LogP contribution in [-0.4, -0.2) is 6.54 Å². The van der Waals surface area contributed by atoms with Gasteiger partial charge >= 0.3 is 0 Å². The van der Waals surface area contributed by atoms with Crippen molar-refractivity contribution in [2.45, 2.75) is 27.2 Å². The van der Waals surface area contributed by atoms with Crippen LogP contribution in [0.15, 0.2) is 10.5 Å². The summed E-state index contributed by atoms with van der Waals surface area (Å²) in [6, 6.07) is 2.17. The van der Waals surface area contributed by atoms with Crippen LogP contribution in [0.3, 0.4) is 0 Å². The molecule has 0 atom stereocenters. The van der Waals surface area contributed by atoms with E-state index in [1.165, 1.54) is 14.2 Å². The van der Waals surface area contributed by atoms with E-state index in [-0.39, 0.29) is 5.41 Å². The zero-order valence-corrected chi connectivity index (χ0v) is 10.8. The second kappa shape index (κ2) is 4.11. The third-order valence-electron chi connectivity index (χ3n) is 2.07. The Hall–Kier alpha value is 0.140. The number of nitrogens with two attached hydrogens (primary N) is 1. The Balaban J connectivity index is 2.79. The molecule has 1 aromatic rings. The number of hydrogen-bond acceptors (Lipinski definition) is 2. The molecule has 0 spiro atoms. The lowest BCUT2D eigenvalue weighted by atomic mass is 9.89. The number of aryl methyl sites for hydroxylation is 1. The van der Waals surface area contributed by atoms with Gasteiger partial charge < -0.3 is 5.73 Å². The highest BCUT2D eigenvalue weighted by atomic mass is 79.9. The highest BCUT2D eigenvalue weighted by Crippen LogP contribution is 2.32. The van der Waals surface area contributed by atoms with Crippen LogP contribution in [0.5, 0.6) is 0 Å². The average molecular weight is 262 g/mol. The predicted molar refractivity (Wildman–Crippen MR) is 63.3 cm³/mol. The van der Waals surface area contributed by atoms with Crippen LogP contribution in [0.4, 0.5) is 0 Å². The molecule has 1 aromatic heterocycles. The molecule has 0 fully saturated rings. The van der Waals surface area contributed by atoms with Crippen LogP contribution < -0.4 is 5.73 Å². The largest absolute Gasteiger partial charge is 0.330 e. The minimum absolute atomic E-state index is 0.208. The summed E-state index contributed by atoms with van der Waals surface area (Å²) in [7, 11) is 0. The predicted octanol–water partition coefficient (Wildman–Crippen LogP) is 3.35. The van der Waals surface area contributed by atoms with Crippen molar-refractivity contribution in [1.29, 1.82) is 0 Å². The maximum atomic E-state index is 5.70. The molecule has 1 rings (SSSR count). The minimum Gasteiger partial charge on any atom is -0.330 e. The van der Waals surface area contributed by atoms with Crippen molar-refractivity contribution in [3.05, 3.63) is 20.3 Å². The van der Waals surface area contributed by atoms with Gasteiger partial charge in [-0.05, 0) is 47.3 Å². The first-order valence-electron chi connectivity index (χ1n) is 4.39. The van der Waals surface area contributed by atoms with Crippen molar-refractivity contribution in [2.75, 3.05) is 6.54 Å². The van der Waals surface area contributed by atoms with E-state index in [1.54, 1.807) is 0 Å². The molecule has 0 aliphatic rings. The highest BCUT2D eigenvalue weighted by molar-refractivity contribution is 9.10. The Morgan fingerprint density at radius 1 is 1.54 bits per heavy atom. The molecule has 0 amide bonds. The molecule has 2 N–H and O–H groups in total. The van der Waals surface area contributed by atoms with E-state index in [1.807, 2.05) is 11.3 Å². The molecule has 13 heavy (non-hydrogen) atoms. The smallest absolute Gasteiger partial charge is 0.0317 e. The van der Waals surface area contributed by atoms with Crippen LogP contribution in [0.1, 0.15) is 23.6 Å². The Kier molecular flexibility index (Phi) is 3.55. The topological polar surface area (TPSA) is 26.0 Å². The first kappa shape index (κ1) is 11.2. The van der Waals surface area contributed by atoms with Gasteiger partial charge in [-0.2, -0.15) is 0 Å². The highest BCUT2D eigenvalue weighted by Gasteiger charge is 2.18. The van der Waals surface area contributed by atoms with E-state index >= 15 is 0 Å². The first-order valence-corrected chi connectivity index (χ1v) is 6.00. The molecule has 0 aliphatic carbocycles. The van der Waals surface area contributed by atoms with Crippen molar-refractivity contribution in [3.63, 3.8) is 0 Å². The van der Waals surface area contributed by atoms with Gasteiger partial charge in [0, 0.05) is 14.2 Å². The third-order valence-corrected chi connectivity index (χ3v) is 4.09. The van der Waals surface area contributed by atoms with Crippen molar-refractivity contribution in [2.24, 2.45) is 11.1 Å². The zero-order valence-electron chi connectivity index (χ0n) is 8.36. The molecule has 0 saturated carbocycles. The van der Waals surface area contributed by atoms with Gasteiger partial charge in [-0.15, -0.1) is 11.3 Å². The van der Waals surface area contributed by atoms with E-state index < -0.39 is 0 Å². The molecule has 3 heteroatoms. The Labute approximate surface area is 92.5 Å². The summed E-state index contributed by atoms with van der Waals surface area (Å²) in [6.45, 7) is 7.27. The summed E-state index contributed by atoms with van der Waals surface area (Å²) >= 11 is 5.42. The molecule has 0 unspecified atom stereocenters. The van der Waals surface area contributed by atoms with E-state index in [4.69, 9.17) is 5.73 Å². The van der Waals surface area contributed by atoms with Crippen molar-refractivity contribution in [1.82, 2.24) is 0 Å². The maximum absolute atomic E-state index is 5.70. The zero-order chi connectivity index (χ0) is 10.1. The molecular weight excluding hydrogens is 246 g/mol. The number of halogens is 1. The molecule has 0 saturated heterocycles. The summed E-state index contributed by atoms with van der Waals surface area (Å²) in [6.07, 6.45) is 1.06. The normalized spacial score (nSPS) is 12.1. The van der Waals surface area contributed by atoms with Gasteiger partial charge in [0.15, 0.2) is 0 Å². The standard InChI is InChI=1S/C10H16BrNS/c1-7-4-8(11)9(13-7)5-10(2,3)6-12/h4H,5-6,12H2,1-3H3. The van der Waals surface area contributed by atoms with E-state index in [9.17, 15) is 0 Å². The van der Waals surface area contributed by atoms with Crippen LogP contribution >= 0.6 is 27.3 Å². The first-order chi connectivity index (χ1) is 5.94. The SMILES string of the molecule is Cc1cc(Br)c(CC(C)(C)CN)s1. The van der Waals surface area contributed by atoms with Crippen LogP contribution in [0, 0.1) is 12.3 Å². The third kappa shape index (κ3) is 3.08. The van der Waals surface area contributed by atoms with Gasteiger partial charge in [0.1, 0.15) is 0 Å². The maximum Gasteiger partial charge on any atom is 0.0317 e. The summed E-state index contributed by atoms with van der Waals surface area (Å²) in [5.41, 5.74) is 5.91. The average Bonchev–Trinajstić information content (AvgIpc) is 2.30. The minimum atomic E-state index is 0.208. The van der Waals surface area contributed by atoms with E-state index in [0.29, 0.717) is 0 Å². The molecule has 0 aromatic carbocycles. The monoisotopic (exact) mass is 261 g/mol. The van der Waals surface area contributed by atoms with Gasteiger partial charge in [-0.25, -0.2) is 0 Å². The van der Waals surface area contributed by atoms with Crippen molar-refractivity contribution >= 4 is 27.3 Å². The lowest BCUT2D eigenvalue weighted by Gasteiger charge is -2.21. The summed E-state index contributed by atoms with van der Waals surface area (Å²) in [5, 5.41) is 0. The molecule has 0 aliphatic heterocycles. The van der Waals surface area contributed by atoms with Gasteiger partial charge in [0.25, 0.3) is 0 Å². The fraction of sp³-hybridized carbons (Fsp3) is 0.600. The van der Waals surface area contributed by atoms with Crippen LogP contribution in [0.25, 0.3) is 0 Å². The van der Waals surface area contributed by atoms with Crippen LogP contribution in [-0.2, 0) is 6.42 Å². The second-order valence-corrected chi connectivity index (χ2v) is 6.37. The van der Waals surface area contributed by atoms with Gasteiger partial charge in [0.2, 0.25) is 0 Å².